The molecule has 2 aliphatic heterocycles. The molecule has 2 aliphatic rings. The maximum absolute atomic E-state index is 11.3. The fraction of sp³-hybridized carbons (Fsp3) is 0.806. The van der Waals surface area contributed by atoms with Crippen LogP contribution in [-0.2, 0) is 78.3 Å². The van der Waals surface area contributed by atoms with Gasteiger partial charge in [0, 0.05) is 24.8 Å². The molecular formula is C36H62N6O12. The highest BCUT2D eigenvalue weighted by Gasteiger charge is 2.20. The van der Waals surface area contributed by atoms with E-state index in [2.05, 4.69) is 14.0 Å². The molecule has 4 heterocycles. The number of carboxylic acid groups (broad SMARTS) is 1. The summed E-state index contributed by atoms with van der Waals surface area (Å²) in [7, 11) is 0. The van der Waals surface area contributed by atoms with Crippen molar-refractivity contribution in [3.05, 3.63) is 36.4 Å². The highest BCUT2D eigenvalue weighted by molar-refractivity contribution is 5.72. The number of hydrogen-bond donors (Lipinski definition) is 2. The van der Waals surface area contributed by atoms with E-state index in [1.54, 1.807) is 12.4 Å². The van der Waals surface area contributed by atoms with Crippen LogP contribution < -0.4 is 5.73 Å². The smallest absolute Gasteiger partial charge is 0.320 e. The summed E-state index contributed by atoms with van der Waals surface area (Å²) in [6.45, 7) is 11.3. The molecule has 0 saturated carbocycles. The Morgan fingerprint density at radius 3 is 1.44 bits per heavy atom. The molecule has 0 spiro atoms. The lowest BCUT2D eigenvalue weighted by atomic mass is 10.1. The van der Waals surface area contributed by atoms with E-state index in [0.717, 1.165) is 18.1 Å². The average molecular weight is 771 g/mol. The number of nitrogens with two attached hydrogens (primary N) is 1. The van der Waals surface area contributed by atoms with Crippen LogP contribution in [0.4, 0.5) is 0 Å². The maximum atomic E-state index is 11.3. The quantitative estimate of drug-likeness (QED) is 0.253. The van der Waals surface area contributed by atoms with Gasteiger partial charge in [0.1, 0.15) is 17.7 Å². The Morgan fingerprint density at radius 1 is 0.648 bits per heavy atom. The van der Waals surface area contributed by atoms with E-state index in [9.17, 15) is 9.90 Å². The zero-order valence-corrected chi connectivity index (χ0v) is 31.7. The van der Waals surface area contributed by atoms with Gasteiger partial charge in [-0.2, -0.15) is 0 Å². The van der Waals surface area contributed by atoms with Crippen molar-refractivity contribution in [2.75, 3.05) is 125 Å². The Morgan fingerprint density at radius 2 is 1.04 bits per heavy atom. The summed E-state index contributed by atoms with van der Waals surface area (Å²) in [5, 5.41) is 9.28. The fourth-order valence-corrected chi connectivity index (χ4v) is 5.80. The van der Waals surface area contributed by atoms with Crippen LogP contribution in [0.1, 0.15) is 30.9 Å². The summed E-state index contributed by atoms with van der Waals surface area (Å²) >= 11 is 0. The van der Waals surface area contributed by atoms with E-state index in [1.807, 2.05) is 12.4 Å². The summed E-state index contributed by atoms with van der Waals surface area (Å²) in [5.41, 5.74) is 5.80. The van der Waals surface area contributed by atoms with E-state index in [1.165, 1.54) is 0 Å². The standard InChI is InChI=1S/C36H62N6O12/c37-33(36(43)44)3-1-2-6-40(27-34-38-4-7-41(34)25-31-29-51-19-17-47-11-9-45-13-15-49-21-23-53-31)28-35-39-5-8-42(35)26-32-30-52-20-18-48-12-10-46-14-16-50-22-24-54-32/h4-5,7-8,31-33H,1-3,6,9-30,37H2,(H,43,44). The van der Waals surface area contributed by atoms with E-state index < -0.39 is 12.0 Å². The highest BCUT2D eigenvalue weighted by Crippen LogP contribution is 2.14. The molecule has 2 fully saturated rings. The maximum Gasteiger partial charge on any atom is 0.320 e. The normalized spacial score (nSPS) is 22.4. The van der Waals surface area contributed by atoms with Crippen molar-refractivity contribution in [2.24, 2.45) is 5.73 Å². The summed E-state index contributed by atoms with van der Waals surface area (Å²) in [5.74, 6) is 0.728. The molecule has 2 aromatic heterocycles. The number of unbranched alkanes of at least 4 members (excludes halogenated alkanes) is 1. The predicted molar refractivity (Wildman–Crippen MR) is 194 cm³/mol. The molecular weight excluding hydrogens is 708 g/mol. The SMILES string of the molecule is NC(CCCCN(Cc1nccn1CC1COCCOCCOCCOCCO1)Cc1nccn1CC1COCCOCCOCCOCCO1)C(=O)O. The lowest BCUT2D eigenvalue weighted by Crippen LogP contribution is -2.32. The Balaban J connectivity index is 1.40. The number of hydrogen-bond acceptors (Lipinski definition) is 15. The second-order valence-electron chi connectivity index (χ2n) is 13.0. The lowest BCUT2D eigenvalue weighted by Gasteiger charge is -2.25. The molecule has 18 heteroatoms. The lowest BCUT2D eigenvalue weighted by molar-refractivity contribution is -0.138. The van der Waals surface area contributed by atoms with Crippen molar-refractivity contribution in [3.63, 3.8) is 0 Å². The first-order chi connectivity index (χ1) is 26.6. The number of carboxylic acids is 1. The van der Waals surface area contributed by atoms with Gasteiger partial charge in [-0.1, -0.05) is 6.42 Å². The van der Waals surface area contributed by atoms with Crippen LogP contribution in [0.25, 0.3) is 0 Å². The van der Waals surface area contributed by atoms with Gasteiger partial charge >= 0.3 is 5.97 Å². The molecule has 308 valence electrons. The number of ether oxygens (including phenoxy) is 10. The molecule has 4 rings (SSSR count). The van der Waals surface area contributed by atoms with E-state index >= 15 is 0 Å². The fourth-order valence-electron chi connectivity index (χ4n) is 5.80. The minimum absolute atomic E-state index is 0.232. The molecule has 3 unspecified atom stereocenters. The van der Waals surface area contributed by atoms with Gasteiger partial charge < -0.3 is 67.3 Å². The number of aliphatic carboxylic acids is 1. The molecule has 0 aliphatic carbocycles. The van der Waals surface area contributed by atoms with Gasteiger partial charge in [-0.05, 0) is 19.4 Å². The van der Waals surface area contributed by atoms with Crippen LogP contribution in [0.15, 0.2) is 24.8 Å². The number of imidazole rings is 2. The zero-order valence-electron chi connectivity index (χ0n) is 31.7. The van der Waals surface area contributed by atoms with Crippen LogP contribution >= 0.6 is 0 Å². The molecule has 0 radical (unpaired) electrons. The second-order valence-corrected chi connectivity index (χ2v) is 13.0. The van der Waals surface area contributed by atoms with Crippen LogP contribution in [0.5, 0.6) is 0 Å². The summed E-state index contributed by atoms with van der Waals surface area (Å²) in [6, 6.07) is -0.885. The van der Waals surface area contributed by atoms with Gasteiger partial charge in [0.05, 0.1) is 157 Å². The van der Waals surface area contributed by atoms with Gasteiger partial charge in [0.25, 0.3) is 0 Å². The monoisotopic (exact) mass is 770 g/mol. The van der Waals surface area contributed by atoms with Crippen molar-refractivity contribution in [1.29, 1.82) is 0 Å². The first-order valence-corrected chi connectivity index (χ1v) is 19.1. The molecule has 18 nitrogen and oxygen atoms in total. The Hall–Kier alpha value is -2.59. The van der Waals surface area contributed by atoms with E-state index in [0.29, 0.717) is 164 Å². The van der Waals surface area contributed by atoms with Gasteiger partial charge in [-0.25, -0.2) is 9.97 Å². The Kier molecular flexibility index (Phi) is 22.8. The average Bonchev–Trinajstić information content (AvgIpc) is 3.79. The third kappa shape index (κ3) is 18.8. The molecule has 0 bridgehead atoms. The van der Waals surface area contributed by atoms with Crippen LogP contribution in [0.2, 0.25) is 0 Å². The van der Waals surface area contributed by atoms with Crippen molar-refractivity contribution < 1.29 is 57.3 Å². The molecule has 2 saturated heterocycles. The third-order valence-corrected chi connectivity index (χ3v) is 8.69. The molecule has 0 amide bonds. The van der Waals surface area contributed by atoms with Crippen LogP contribution in [0.3, 0.4) is 0 Å². The van der Waals surface area contributed by atoms with Gasteiger partial charge in [0.15, 0.2) is 0 Å². The Bertz CT molecular complexity index is 1130. The zero-order chi connectivity index (χ0) is 37.9. The summed E-state index contributed by atoms with van der Waals surface area (Å²) < 4.78 is 61.9. The van der Waals surface area contributed by atoms with Crippen molar-refractivity contribution in [1.82, 2.24) is 24.0 Å². The summed E-state index contributed by atoms with van der Waals surface area (Å²) in [4.78, 5) is 23.0. The molecule has 0 aromatic carbocycles. The number of nitrogens with zero attached hydrogens (tertiary/aromatic N) is 5. The van der Waals surface area contributed by atoms with Gasteiger partial charge in [-0.3, -0.25) is 9.69 Å². The number of rotatable bonds is 14. The van der Waals surface area contributed by atoms with Crippen molar-refractivity contribution in [3.8, 4) is 0 Å². The van der Waals surface area contributed by atoms with Crippen LogP contribution in [-0.4, -0.2) is 179 Å². The van der Waals surface area contributed by atoms with E-state index in [-0.39, 0.29) is 12.2 Å². The van der Waals surface area contributed by atoms with Gasteiger partial charge in [-0.15, -0.1) is 0 Å². The predicted octanol–water partition coefficient (Wildman–Crippen LogP) is 0.594. The van der Waals surface area contributed by atoms with Crippen molar-refractivity contribution in [2.45, 2.75) is 63.7 Å². The Labute approximate surface area is 318 Å². The topological polar surface area (TPSA) is 194 Å². The summed E-state index contributed by atoms with van der Waals surface area (Å²) in [6.07, 6.45) is 8.83. The van der Waals surface area contributed by atoms with E-state index in [4.69, 9.17) is 63.1 Å². The largest absolute Gasteiger partial charge is 0.480 e. The van der Waals surface area contributed by atoms with Crippen LogP contribution in [0, 0.1) is 0 Å². The minimum Gasteiger partial charge on any atom is -0.480 e. The van der Waals surface area contributed by atoms with Crippen molar-refractivity contribution >= 4 is 5.97 Å². The van der Waals surface area contributed by atoms with Gasteiger partial charge in [0.2, 0.25) is 0 Å². The second kappa shape index (κ2) is 27.9. The first kappa shape index (κ1) is 44.1. The molecule has 2 aromatic rings. The minimum atomic E-state index is -0.990. The molecule has 3 atom stereocenters. The third-order valence-electron chi connectivity index (χ3n) is 8.69. The first-order valence-electron chi connectivity index (χ1n) is 19.1. The number of carbonyl (C=O) groups is 1. The highest BCUT2D eigenvalue weighted by atomic mass is 16.6. The molecule has 3 N–H and O–H groups in total. The molecule has 54 heavy (non-hydrogen) atoms. The number of aromatic nitrogens is 4.